The van der Waals surface area contributed by atoms with E-state index in [1.165, 1.54) is 5.56 Å². The van der Waals surface area contributed by atoms with Gasteiger partial charge in [0.1, 0.15) is 17.9 Å². The normalized spacial score (nSPS) is 11.0. The molecule has 0 atom stereocenters. The maximum Gasteiger partial charge on any atom is 0.141 e. The number of methoxy groups -OCH3 is 1. The summed E-state index contributed by atoms with van der Waals surface area (Å²) in [6, 6.07) is 8.18. The summed E-state index contributed by atoms with van der Waals surface area (Å²) >= 11 is 0. The van der Waals surface area contributed by atoms with E-state index in [-0.39, 0.29) is 0 Å². The maximum atomic E-state index is 5.44. The Morgan fingerprint density at radius 3 is 2.71 bits per heavy atom. The summed E-state index contributed by atoms with van der Waals surface area (Å²) in [6.45, 7) is 7.81. The van der Waals surface area contributed by atoms with Gasteiger partial charge in [-0.05, 0) is 26.0 Å². The van der Waals surface area contributed by atoms with E-state index < -0.39 is 0 Å². The largest absolute Gasteiger partial charge is 0.496 e. The zero-order valence-corrected chi connectivity index (χ0v) is 13.1. The van der Waals surface area contributed by atoms with Gasteiger partial charge in [0.05, 0.1) is 13.7 Å². The lowest BCUT2D eigenvalue weighted by molar-refractivity contribution is 0.242. The van der Waals surface area contributed by atoms with Crippen LogP contribution in [0.4, 0.5) is 0 Å². The Bertz CT molecular complexity index is 553. The highest BCUT2D eigenvalue weighted by Crippen LogP contribution is 2.20. The van der Waals surface area contributed by atoms with Crippen molar-refractivity contribution in [1.29, 1.82) is 0 Å². The van der Waals surface area contributed by atoms with Gasteiger partial charge in [-0.25, -0.2) is 9.67 Å². The summed E-state index contributed by atoms with van der Waals surface area (Å²) in [5.74, 6) is 1.96. The second-order valence-electron chi connectivity index (χ2n) is 5.01. The van der Waals surface area contributed by atoms with Gasteiger partial charge in [0.15, 0.2) is 0 Å². The molecule has 1 aromatic carbocycles. The molecular formula is C16H24N4O. The SMILES string of the molecule is CCCN(Cc1ccccc1OC)Cc1ncnn1CC. The van der Waals surface area contributed by atoms with Gasteiger partial charge in [0, 0.05) is 18.7 Å². The number of para-hydroxylation sites is 1. The Balaban J connectivity index is 2.12. The van der Waals surface area contributed by atoms with Crippen LogP contribution in [-0.4, -0.2) is 33.3 Å². The predicted molar refractivity (Wildman–Crippen MR) is 83.1 cm³/mol. The molecule has 0 unspecified atom stereocenters. The van der Waals surface area contributed by atoms with Gasteiger partial charge in [0.2, 0.25) is 0 Å². The molecule has 114 valence electrons. The van der Waals surface area contributed by atoms with E-state index in [1.54, 1.807) is 13.4 Å². The van der Waals surface area contributed by atoms with Gasteiger partial charge in [-0.3, -0.25) is 4.90 Å². The lowest BCUT2D eigenvalue weighted by atomic mass is 10.2. The zero-order valence-electron chi connectivity index (χ0n) is 13.1. The van der Waals surface area contributed by atoms with Crippen LogP contribution in [0.2, 0.25) is 0 Å². The average Bonchev–Trinajstić information content (AvgIpc) is 2.95. The monoisotopic (exact) mass is 288 g/mol. The molecule has 2 rings (SSSR count). The van der Waals surface area contributed by atoms with E-state index in [9.17, 15) is 0 Å². The smallest absolute Gasteiger partial charge is 0.141 e. The molecule has 0 spiro atoms. The van der Waals surface area contributed by atoms with Crippen LogP contribution < -0.4 is 4.74 Å². The quantitative estimate of drug-likeness (QED) is 0.749. The second-order valence-corrected chi connectivity index (χ2v) is 5.01. The Hall–Kier alpha value is -1.88. The molecule has 0 fully saturated rings. The summed E-state index contributed by atoms with van der Waals surface area (Å²) in [6.07, 6.45) is 2.74. The van der Waals surface area contributed by atoms with Crippen molar-refractivity contribution in [1.82, 2.24) is 19.7 Å². The summed E-state index contributed by atoms with van der Waals surface area (Å²) in [5.41, 5.74) is 1.20. The van der Waals surface area contributed by atoms with E-state index in [4.69, 9.17) is 4.74 Å². The molecule has 1 heterocycles. The summed E-state index contributed by atoms with van der Waals surface area (Å²) in [7, 11) is 1.72. The molecule has 1 aromatic heterocycles. The van der Waals surface area contributed by atoms with E-state index in [0.717, 1.165) is 44.2 Å². The van der Waals surface area contributed by atoms with Crippen molar-refractivity contribution < 1.29 is 4.74 Å². The van der Waals surface area contributed by atoms with Crippen molar-refractivity contribution in [3.63, 3.8) is 0 Å². The minimum atomic E-state index is 0.805. The van der Waals surface area contributed by atoms with E-state index in [0.29, 0.717) is 0 Å². The predicted octanol–water partition coefficient (Wildman–Crippen LogP) is 2.72. The Morgan fingerprint density at radius 1 is 1.19 bits per heavy atom. The number of aryl methyl sites for hydroxylation is 1. The average molecular weight is 288 g/mol. The third-order valence-electron chi connectivity index (χ3n) is 3.49. The fourth-order valence-corrected chi connectivity index (χ4v) is 2.48. The Kier molecular flexibility index (Phi) is 5.75. The van der Waals surface area contributed by atoms with Gasteiger partial charge >= 0.3 is 0 Å². The first-order valence-electron chi connectivity index (χ1n) is 7.49. The lowest BCUT2D eigenvalue weighted by Gasteiger charge is -2.22. The van der Waals surface area contributed by atoms with Crippen molar-refractivity contribution in [3.05, 3.63) is 42.0 Å². The number of ether oxygens (including phenoxy) is 1. The highest BCUT2D eigenvalue weighted by atomic mass is 16.5. The van der Waals surface area contributed by atoms with Crippen LogP contribution in [0.3, 0.4) is 0 Å². The molecule has 0 amide bonds. The van der Waals surface area contributed by atoms with Crippen LogP contribution in [0.15, 0.2) is 30.6 Å². The van der Waals surface area contributed by atoms with Gasteiger partial charge in [-0.15, -0.1) is 0 Å². The minimum absolute atomic E-state index is 0.805. The number of benzene rings is 1. The van der Waals surface area contributed by atoms with E-state index in [1.807, 2.05) is 16.8 Å². The van der Waals surface area contributed by atoms with Gasteiger partial charge in [-0.1, -0.05) is 25.1 Å². The standard InChI is InChI=1S/C16H24N4O/c1-4-10-19(12-16-17-13-18-20(16)5-2)11-14-8-6-7-9-15(14)21-3/h6-9,13H,4-5,10-12H2,1-3H3. The second kappa shape index (κ2) is 7.78. The maximum absolute atomic E-state index is 5.44. The van der Waals surface area contributed by atoms with Crippen LogP contribution in [0, 0.1) is 0 Å². The molecule has 0 radical (unpaired) electrons. The lowest BCUT2D eigenvalue weighted by Crippen LogP contribution is -2.26. The zero-order chi connectivity index (χ0) is 15.1. The number of rotatable bonds is 8. The van der Waals surface area contributed by atoms with Crippen molar-refractivity contribution in [2.24, 2.45) is 0 Å². The molecule has 0 aliphatic rings. The van der Waals surface area contributed by atoms with Crippen LogP contribution in [-0.2, 0) is 19.6 Å². The first-order valence-corrected chi connectivity index (χ1v) is 7.49. The molecule has 21 heavy (non-hydrogen) atoms. The van der Waals surface area contributed by atoms with Crippen LogP contribution in [0.1, 0.15) is 31.7 Å². The Morgan fingerprint density at radius 2 is 2.00 bits per heavy atom. The van der Waals surface area contributed by atoms with Gasteiger partial charge in [-0.2, -0.15) is 5.10 Å². The van der Waals surface area contributed by atoms with Gasteiger partial charge < -0.3 is 4.74 Å². The summed E-state index contributed by atoms with van der Waals surface area (Å²) < 4.78 is 7.39. The third kappa shape index (κ3) is 4.04. The van der Waals surface area contributed by atoms with E-state index >= 15 is 0 Å². The molecule has 2 aromatic rings. The van der Waals surface area contributed by atoms with Crippen molar-refractivity contribution in [3.8, 4) is 5.75 Å². The topological polar surface area (TPSA) is 43.2 Å². The van der Waals surface area contributed by atoms with Crippen LogP contribution in [0.5, 0.6) is 5.75 Å². The van der Waals surface area contributed by atoms with Crippen molar-refractivity contribution >= 4 is 0 Å². The summed E-state index contributed by atoms with van der Waals surface area (Å²) in [5, 5.41) is 4.24. The molecule has 0 bridgehead atoms. The molecule has 5 heteroatoms. The van der Waals surface area contributed by atoms with E-state index in [2.05, 4.69) is 41.0 Å². The number of hydrogen-bond acceptors (Lipinski definition) is 4. The highest BCUT2D eigenvalue weighted by molar-refractivity contribution is 5.33. The van der Waals surface area contributed by atoms with Crippen molar-refractivity contribution in [2.75, 3.05) is 13.7 Å². The van der Waals surface area contributed by atoms with Crippen molar-refractivity contribution in [2.45, 2.75) is 39.9 Å². The fourth-order valence-electron chi connectivity index (χ4n) is 2.48. The van der Waals surface area contributed by atoms with Crippen LogP contribution in [0.25, 0.3) is 0 Å². The summed E-state index contributed by atoms with van der Waals surface area (Å²) in [4.78, 5) is 6.76. The number of nitrogens with zero attached hydrogens (tertiary/aromatic N) is 4. The Labute approximate surface area is 126 Å². The van der Waals surface area contributed by atoms with Gasteiger partial charge in [0.25, 0.3) is 0 Å². The first-order chi connectivity index (χ1) is 10.3. The molecule has 0 saturated carbocycles. The molecule has 0 aliphatic carbocycles. The minimum Gasteiger partial charge on any atom is -0.496 e. The molecule has 0 saturated heterocycles. The molecule has 0 N–H and O–H groups in total. The molecular weight excluding hydrogens is 264 g/mol. The first kappa shape index (κ1) is 15.5. The molecule has 0 aliphatic heterocycles. The third-order valence-corrected chi connectivity index (χ3v) is 3.49. The fraction of sp³-hybridized carbons (Fsp3) is 0.500. The van der Waals surface area contributed by atoms with Crippen LogP contribution >= 0.6 is 0 Å². The number of hydrogen-bond donors (Lipinski definition) is 0. The number of aromatic nitrogens is 3. The highest BCUT2D eigenvalue weighted by Gasteiger charge is 2.12. The molecule has 5 nitrogen and oxygen atoms in total.